The van der Waals surface area contributed by atoms with E-state index in [2.05, 4.69) is 0 Å². The van der Waals surface area contributed by atoms with Crippen LogP contribution >= 0.6 is 0 Å². The number of methoxy groups -OCH3 is 4. The van der Waals surface area contributed by atoms with Crippen LogP contribution in [0.5, 0.6) is 23.0 Å². The highest BCUT2D eigenvalue weighted by Gasteiger charge is 2.21. The van der Waals surface area contributed by atoms with Crippen LogP contribution in [0.1, 0.15) is 0 Å². The first-order chi connectivity index (χ1) is 16.1. The molecule has 0 amide bonds. The van der Waals surface area contributed by atoms with Gasteiger partial charge in [-0.05, 0) is 57.3 Å². The van der Waals surface area contributed by atoms with Gasteiger partial charge in [-0.2, -0.15) is 0 Å². The van der Waals surface area contributed by atoms with Gasteiger partial charge in [0.25, 0.3) is 5.56 Å². The number of benzene rings is 3. The first-order valence-corrected chi connectivity index (χ1v) is 10.6. The molecule has 3 aromatic carbocycles. The topological polar surface area (TPSA) is 77.4 Å². The van der Waals surface area contributed by atoms with E-state index in [-0.39, 0.29) is 5.56 Å². The maximum atomic E-state index is 13.7. The lowest BCUT2D eigenvalue weighted by Gasteiger charge is -2.17. The molecule has 1 aromatic heterocycles. The van der Waals surface area contributed by atoms with E-state index in [0.717, 1.165) is 26.9 Å². The summed E-state index contributed by atoms with van der Waals surface area (Å²) in [6.45, 7) is 1.37. The van der Waals surface area contributed by atoms with Gasteiger partial charge in [0.2, 0.25) is 0 Å². The van der Waals surface area contributed by atoms with E-state index < -0.39 is 6.29 Å². The molecule has 5 rings (SSSR count). The number of ether oxygens (including phenoxy) is 6. The Kier molecular flexibility index (Phi) is 5.47. The lowest BCUT2D eigenvalue weighted by Crippen LogP contribution is -2.27. The molecule has 8 heteroatoms. The molecule has 0 bridgehead atoms. The van der Waals surface area contributed by atoms with Crippen LogP contribution in [0.25, 0.3) is 32.3 Å². The lowest BCUT2D eigenvalue weighted by molar-refractivity contribution is -0.0529. The molecule has 0 aliphatic carbocycles. The van der Waals surface area contributed by atoms with Crippen LogP contribution in [-0.2, 0) is 16.0 Å². The van der Waals surface area contributed by atoms with Crippen molar-refractivity contribution in [1.82, 2.24) is 4.57 Å². The zero-order valence-electron chi connectivity index (χ0n) is 19.0. The Labute approximate surface area is 190 Å². The third kappa shape index (κ3) is 3.42. The van der Waals surface area contributed by atoms with Gasteiger partial charge in [-0.15, -0.1) is 0 Å². The summed E-state index contributed by atoms with van der Waals surface area (Å²) in [5.41, 5.74) is -0.138. The van der Waals surface area contributed by atoms with Crippen LogP contribution in [0.4, 0.5) is 0 Å². The number of hydrogen-bond acceptors (Lipinski definition) is 7. The molecule has 172 valence electrons. The van der Waals surface area contributed by atoms with Gasteiger partial charge < -0.3 is 33.0 Å². The molecule has 0 N–H and O–H groups in total. The van der Waals surface area contributed by atoms with Gasteiger partial charge in [-0.1, -0.05) is 0 Å². The maximum Gasteiger partial charge on any atom is 0.259 e. The predicted octanol–water partition coefficient (Wildman–Crippen LogP) is 3.72. The second-order valence-corrected chi connectivity index (χ2v) is 7.74. The van der Waals surface area contributed by atoms with Gasteiger partial charge in [-0.3, -0.25) is 4.79 Å². The largest absolute Gasteiger partial charge is 0.493 e. The molecule has 8 nitrogen and oxygen atoms in total. The summed E-state index contributed by atoms with van der Waals surface area (Å²) < 4.78 is 34.9. The molecule has 0 atom stereocenters. The first kappa shape index (κ1) is 21.4. The van der Waals surface area contributed by atoms with Crippen LogP contribution < -0.4 is 24.5 Å². The highest BCUT2D eigenvalue weighted by atomic mass is 16.7. The molecular weight excluding hydrogens is 426 g/mol. The molecule has 1 aliphatic rings. The van der Waals surface area contributed by atoms with Crippen molar-refractivity contribution in [1.29, 1.82) is 0 Å². The minimum atomic E-state index is -0.439. The van der Waals surface area contributed by atoms with E-state index in [1.54, 1.807) is 39.2 Å². The van der Waals surface area contributed by atoms with E-state index in [1.807, 2.05) is 30.3 Å². The lowest BCUT2D eigenvalue weighted by atomic mass is 9.94. The Balaban J connectivity index is 1.92. The Bertz CT molecular complexity index is 1420. The smallest absolute Gasteiger partial charge is 0.259 e. The third-order valence-electron chi connectivity index (χ3n) is 6.10. The van der Waals surface area contributed by atoms with Crippen LogP contribution in [0.15, 0.2) is 41.3 Å². The zero-order valence-corrected chi connectivity index (χ0v) is 19.0. The van der Waals surface area contributed by atoms with Gasteiger partial charge in [0.05, 0.1) is 53.6 Å². The van der Waals surface area contributed by atoms with E-state index in [9.17, 15) is 4.79 Å². The van der Waals surface area contributed by atoms with Crippen molar-refractivity contribution in [3.05, 3.63) is 46.9 Å². The molecule has 33 heavy (non-hydrogen) atoms. The molecule has 1 fully saturated rings. The zero-order chi connectivity index (χ0) is 23.1. The molecule has 1 saturated heterocycles. The first-order valence-electron chi connectivity index (χ1n) is 10.6. The van der Waals surface area contributed by atoms with Crippen molar-refractivity contribution in [2.24, 2.45) is 0 Å². The number of fused-ring (bicyclic) bond motifs is 6. The van der Waals surface area contributed by atoms with Crippen LogP contribution in [0.2, 0.25) is 0 Å². The Morgan fingerprint density at radius 1 is 0.758 bits per heavy atom. The predicted molar refractivity (Wildman–Crippen MR) is 125 cm³/mol. The second kappa shape index (κ2) is 8.46. The van der Waals surface area contributed by atoms with E-state index in [1.165, 1.54) is 0 Å². The summed E-state index contributed by atoms with van der Waals surface area (Å²) in [6, 6.07) is 9.51. The SMILES string of the molecule is COc1cc2c(cc1OC)c1ccn(CC3OCCO3)c(=O)c1c1cc(OC)c(OC)cc21. The number of nitrogens with zero attached hydrogens (tertiary/aromatic N) is 1. The Hall–Kier alpha value is -3.49. The van der Waals surface area contributed by atoms with E-state index in [4.69, 9.17) is 28.4 Å². The molecule has 4 aromatic rings. The Morgan fingerprint density at radius 3 is 1.73 bits per heavy atom. The van der Waals surface area contributed by atoms with Crippen molar-refractivity contribution in [2.45, 2.75) is 12.8 Å². The third-order valence-corrected chi connectivity index (χ3v) is 6.10. The minimum absolute atomic E-state index is 0.138. The van der Waals surface area contributed by atoms with Crippen molar-refractivity contribution in [3.63, 3.8) is 0 Å². The number of hydrogen-bond donors (Lipinski definition) is 0. The molecule has 0 saturated carbocycles. The number of aromatic nitrogens is 1. The molecule has 0 spiro atoms. The van der Waals surface area contributed by atoms with Crippen molar-refractivity contribution >= 4 is 32.3 Å². The highest BCUT2D eigenvalue weighted by Crippen LogP contribution is 2.43. The second-order valence-electron chi connectivity index (χ2n) is 7.74. The van der Waals surface area contributed by atoms with Crippen molar-refractivity contribution in [2.75, 3.05) is 41.7 Å². The van der Waals surface area contributed by atoms with Gasteiger partial charge in [-0.25, -0.2) is 0 Å². The fraction of sp³-hybridized carbons (Fsp3) is 0.320. The summed E-state index contributed by atoms with van der Waals surface area (Å²) in [7, 11) is 6.36. The fourth-order valence-electron chi connectivity index (χ4n) is 4.51. The van der Waals surface area contributed by atoms with Crippen LogP contribution in [0.3, 0.4) is 0 Å². The normalized spacial score (nSPS) is 14.3. The standard InChI is InChI=1S/C25H25NO7/c1-28-19-9-15-14-5-6-26(13-23-32-7-8-33-23)25(27)24(14)18-12-22(31-4)21(30-3)11-17(18)16(15)10-20(19)29-2/h5-6,9-12,23H,7-8,13H2,1-4H3. The quantitative estimate of drug-likeness (QED) is 0.414. The highest BCUT2D eigenvalue weighted by molar-refractivity contribution is 6.26. The van der Waals surface area contributed by atoms with E-state index in [0.29, 0.717) is 48.1 Å². The molecule has 1 aliphatic heterocycles. The van der Waals surface area contributed by atoms with Crippen LogP contribution in [-0.4, -0.2) is 52.5 Å². The monoisotopic (exact) mass is 451 g/mol. The average molecular weight is 451 g/mol. The molecule has 0 unspecified atom stereocenters. The summed E-state index contributed by atoms with van der Waals surface area (Å²) in [6.07, 6.45) is 1.34. The van der Waals surface area contributed by atoms with Gasteiger partial charge in [0.15, 0.2) is 29.3 Å². The molecule has 0 radical (unpaired) electrons. The van der Waals surface area contributed by atoms with Crippen LogP contribution in [0, 0.1) is 0 Å². The molecular formula is C25H25NO7. The van der Waals surface area contributed by atoms with Crippen molar-refractivity contribution in [3.8, 4) is 23.0 Å². The number of pyridine rings is 1. The summed E-state index contributed by atoms with van der Waals surface area (Å²) >= 11 is 0. The maximum absolute atomic E-state index is 13.7. The van der Waals surface area contributed by atoms with Gasteiger partial charge in [0.1, 0.15) is 0 Å². The van der Waals surface area contributed by atoms with Crippen molar-refractivity contribution < 1.29 is 28.4 Å². The van der Waals surface area contributed by atoms with E-state index >= 15 is 0 Å². The van der Waals surface area contributed by atoms with Gasteiger partial charge >= 0.3 is 0 Å². The summed E-state index contributed by atoms with van der Waals surface area (Å²) in [5.74, 6) is 2.31. The van der Waals surface area contributed by atoms with Gasteiger partial charge in [0, 0.05) is 6.20 Å². The summed E-state index contributed by atoms with van der Waals surface area (Å²) in [4.78, 5) is 13.7. The number of rotatable bonds is 6. The Morgan fingerprint density at radius 2 is 1.21 bits per heavy atom. The molecule has 2 heterocycles. The minimum Gasteiger partial charge on any atom is -0.493 e. The summed E-state index contributed by atoms with van der Waals surface area (Å²) in [5, 5.41) is 4.77. The average Bonchev–Trinajstić information content (AvgIpc) is 3.36. The fourth-order valence-corrected chi connectivity index (χ4v) is 4.51.